The number of hydrogen-bond donors (Lipinski definition) is 3. The minimum absolute atomic E-state index is 0.0631. The van der Waals surface area contributed by atoms with E-state index in [4.69, 9.17) is 33.2 Å². The standard InChI is InChI=1S/C38H65NO12/c1-12-30-26(19-47-38-36(46-11)35(45-10)32(43)25(7)49-38)15-20(2)13-14-28(40)21(3)16-22(4)34(24(6)29(41)18-31(42)50-30)51-37-33(44)27(39(8)9)17-23(5)48-37/h13-15,21-27,29-30,32-38,41,43-44H,12,16-19H2,1-11H3/b14-13-,20-15+/t21-,22+,23-,24+,25-,26-,27+,29-,30?,32-,33-,34?,35-,36-,37+,38-/m1/s1. The zero-order chi connectivity index (χ0) is 38.2. The summed E-state index contributed by atoms with van der Waals surface area (Å²) in [6.07, 6.45) is -1.84. The molecule has 16 atom stereocenters. The Kier molecular flexibility index (Phi) is 17.2. The quantitative estimate of drug-likeness (QED) is 0.298. The normalized spacial score (nSPS) is 44.1. The second-order valence-electron chi connectivity index (χ2n) is 15.1. The number of likely N-dealkylation sites (N-methyl/N-ethyl adjacent to an activating group) is 1. The monoisotopic (exact) mass is 727 g/mol. The summed E-state index contributed by atoms with van der Waals surface area (Å²) < 4.78 is 41.9. The molecule has 13 heteroatoms. The molecule has 2 saturated heterocycles. The van der Waals surface area contributed by atoms with Gasteiger partial charge in [0.05, 0.1) is 37.4 Å². The predicted molar refractivity (Wildman–Crippen MR) is 189 cm³/mol. The highest BCUT2D eigenvalue weighted by Crippen LogP contribution is 2.33. The fourth-order valence-electron chi connectivity index (χ4n) is 7.54. The van der Waals surface area contributed by atoms with Gasteiger partial charge in [-0.3, -0.25) is 9.59 Å². The first-order valence-corrected chi connectivity index (χ1v) is 18.5. The van der Waals surface area contributed by atoms with E-state index in [9.17, 15) is 24.9 Å². The van der Waals surface area contributed by atoms with E-state index in [1.165, 1.54) is 14.2 Å². The number of ketones is 1. The lowest BCUT2D eigenvalue weighted by atomic mass is 9.82. The van der Waals surface area contributed by atoms with Crippen LogP contribution in [-0.2, 0) is 42.7 Å². The molecule has 0 aromatic rings. The molecule has 0 aromatic carbocycles. The molecule has 0 radical (unpaired) electrons. The van der Waals surface area contributed by atoms with Crippen molar-refractivity contribution in [2.75, 3.05) is 34.9 Å². The largest absolute Gasteiger partial charge is 0.462 e. The van der Waals surface area contributed by atoms with Crippen LogP contribution in [0.1, 0.15) is 74.1 Å². The minimum atomic E-state index is -1.15. The predicted octanol–water partition coefficient (Wildman–Crippen LogP) is 3.02. The molecule has 0 saturated carbocycles. The zero-order valence-corrected chi connectivity index (χ0v) is 32.5. The Bertz CT molecular complexity index is 1160. The van der Waals surface area contributed by atoms with Crippen molar-refractivity contribution in [2.45, 2.75) is 148 Å². The van der Waals surface area contributed by atoms with E-state index < -0.39 is 79.2 Å². The third-order valence-electron chi connectivity index (χ3n) is 10.7. The Morgan fingerprint density at radius 3 is 2.16 bits per heavy atom. The Labute approximate surface area is 304 Å². The summed E-state index contributed by atoms with van der Waals surface area (Å²) in [5.41, 5.74) is 0.771. The van der Waals surface area contributed by atoms with E-state index in [1.807, 2.05) is 59.7 Å². The third-order valence-corrected chi connectivity index (χ3v) is 10.7. The van der Waals surface area contributed by atoms with Crippen molar-refractivity contribution in [3.63, 3.8) is 0 Å². The first-order chi connectivity index (χ1) is 24.0. The fraction of sp³-hybridized carbons (Fsp3) is 0.842. The lowest BCUT2D eigenvalue weighted by Gasteiger charge is -2.44. The van der Waals surface area contributed by atoms with Gasteiger partial charge >= 0.3 is 5.97 Å². The summed E-state index contributed by atoms with van der Waals surface area (Å²) in [4.78, 5) is 28.8. The Morgan fingerprint density at radius 1 is 0.882 bits per heavy atom. The molecule has 0 amide bonds. The molecule has 3 N–H and O–H groups in total. The Hall–Kier alpha value is -1.78. The van der Waals surface area contributed by atoms with Gasteiger partial charge in [0, 0.05) is 38.0 Å². The minimum Gasteiger partial charge on any atom is -0.462 e. The van der Waals surface area contributed by atoms with E-state index in [2.05, 4.69) is 0 Å². The number of methoxy groups -OCH3 is 2. The number of carbonyl (C=O) groups is 2. The highest BCUT2D eigenvalue weighted by Gasteiger charge is 2.46. The van der Waals surface area contributed by atoms with Crippen LogP contribution in [0.2, 0.25) is 0 Å². The van der Waals surface area contributed by atoms with Crippen molar-refractivity contribution in [1.82, 2.24) is 4.90 Å². The number of allylic oxidation sites excluding steroid dienone is 3. The van der Waals surface area contributed by atoms with Gasteiger partial charge < -0.3 is 53.4 Å². The van der Waals surface area contributed by atoms with Crippen LogP contribution in [0.4, 0.5) is 0 Å². The van der Waals surface area contributed by atoms with Gasteiger partial charge in [-0.05, 0) is 66.1 Å². The molecule has 3 aliphatic heterocycles. The number of carbonyl (C=O) groups excluding carboxylic acids is 2. The molecule has 3 heterocycles. The van der Waals surface area contributed by atoms with E-state index in [1.54, 1.807) is 26.0 Å². The van der Waals surface area contributed by atoms with Crippen LogP contribution in [0, 0.1) is 23.7 Å². The van der Waals surface area contributed by atoms with Crippen molar-refractivity contribution in [1.29, 1.82) is 0 Å². The summed E-state index contributed by atoms with van der Waals surface area (Å²) in [5, 5.41) is 33.3. The number of hydrogen-bond acceptors (Lipinski definition) is 13. The molecule has 294 valence electrons. The summed E-state index contributed by atoms with van der Waals surface area (Å²) in [5.74, 6) is -2.29. The van der Waals surface area contributed by atoms with Crippen LogP contribution in [0.5, 0.6) is 0 Å². The Morgan fingerprint density at radius 2 is 1.55 bits per heavy atom. The molecule has 3 rings (SSSR count). The van der Waals surface area contributed by atoms with Gasteiger partial charge in [0.25, 0.3) is 0 Å². The molecule has 51 heavy (non-hydrogen) atoms. The molecular weight excluding hydrogens is 662 g/mol. The third kappa shape index (κ3) is 11.6. The molecule has 0 aliphatic carbocycles. The average molecular weight is 728 g/mol. The van der Waals surface area contributed by atoms with Gasteiger partial charge in [-0.15, -0.1) is 0 Å². The molecule has 3 aliphatic rings. The first kappa shape index (κ1) is 43.6. The topological polar surface area (TPSA) is 163 Å². The highest BCUT2D eigenvalue weighted by atomic mass is 16.7. The second kappa shape index (κ2) is 20.1. The maximum Gasteiger partial charge on any atom is 0.308 e. The molecule has 0 spiro atoms. The van der Waals surface area contributed by atoms with Gasteiger partial charge in [0.15, 0.2) is 18.4 Å². The number of aliphatic hydroxyl groups excluding tert-OH is 3. The van der Waals surface area contributed by atoms with Crippen molar-refractivity contribution < 1.29 is 58.1 Å². The van der Waals surface area contributed by atoms with Crippen LogP contribution >= 0.6 is 0 Å². The van der Waals surface area contributed by atoms with Crippen molar-refractivity contribution in [3.05, 3.63) is 23.8 Å². The van der Waals surface area contributed by atoms with Crippen LogP contribution in [-0.4, -0.2) is 140 Å². The van der Waals surface area contributed by atoms with Gasteiger partial charge in [-0.2, -0.15) is 0 Å². The van der Waals surface area contributed by atoms with E-state index >= 15 is 0 Å². The number of ether oxygens (including phenoxy) is 7. The van der Waals surface area contributed by atoms with Gasteiger partial charge in [-0.25, -0.2) is 0 Å². The zero-order valence-electron chi connectivity index (χ0n) is 32.5. The smallest absolute Gasteiger partial charge is 0.308 e. The first-order valence-electron chi connectivity index (χ1n) is 18.5. The van der Waals surface area contributed by atoms with E-state index in [0.717, 1.165) is 5.57 Å². The second-order valence-corrected chi connectivity index (χ2v) is 15.1. The molecule has 2 fully saturated rings. The molecule has 2 unspecified atom stereocenters. The number of rotatable bonds is 9. The van der Waals surface area contributed by atoms with E-state index in [0.29, 0.717) is 19.3 Å². The van der Waals surface area contributed by atoms with Crippen LogP contribution in [0.3, 0.4) is 0 Å². The number of aliphatic hydroxyl groups is 3. The van der Waals surface area contributed by atoms with Crippen molar-refractivity contribution in [2.24, 2.45) is 23.7 Å². The summed E-state index contributed by atoms with van der Waals surface area (Å²) in [7, 11) is 6.78. The van der Waals surface area contributed by atoms with Gasteiger partial charge in [0.2, 0.25) is 0 Å². The van der Waals surface area contributed by atoms with Crippen LogP contribution < -0.4 is 0 Å². The van der Waals surface area contributed by atoms with E-state index in [-0.39, 0.29) is 42.8 Å². The van der Waals surface area contributed by atoms with Crippen molar-refractivity contribution >= 4 is 11.8 Å². The summed E-state index contributed by atoms with van der Waals surface area (Å²) in [6, 6.07) is -0.193. The Balaban J connectivity index is 1.90. The summed E-state index contributed by atoms with van der Waals surface area (Å²) in [6.45, 7) is 13.1. The number of nitrogens with zero attached hydrogens (tertiary/aromatic N) is 1. The van der Waals surface area contributed by atoms with Crippen LogP contribution in [0.15, 0.2) is 23.8 Å². The maximum atomic E-state index is 13.5. The molecule has 13 nitrogen and oxygen atoms in total. The van der Waals surface area contributed by atoms with Crippen molar-refractivity contribution in [3.8, 4) is 0 Å². The van der Waals surface area contributed by atoms with Gasteiger partial charge in [-0.1, -0.05) is 45.4 Å². The SMILES string of the molecule is CCC1OC(=O)C[C@@H](O)[C@H](C)C(O[C@@H]2O[C@H](C)C[C@H](N(C)C)[C@H]2O)[C@@H](C)C[C@@H](C)C(=O)/C=C\C(C)=C\[C@@H]1CO[C@@H]1O[C@H](C)[C@@H](O)[C@@H](OC)[C@H]1OC. The average Bonchev–Trinajstić information content (AvgIpc) is 3.08. The molecule has 0 bridgehead atoms. The van der Waals surface area contributed by atoms with Gasteiger partial charge in [0.1, 0.15) is 30.5 Å². The lowest BCUT2D eigenvalue weighted by Crippen LogP contribution is -2.59. The lowest BCUT2D eigenvalue weighted by molar-refractivity contribution is -0.304. The summed E-state index contributed by atoms with van der Waals surface area (Å²) >= 11 is 0. The van der Waals surface area contributed by atoms with Crippen LogP contribution in [0.25, 0.3) is 0 Å². The molecular formula is C38H65NO12. The molecule has 0 aromatic heterocycles. The highest BCUT2D eigenvalue weighted by molar-refractivity contribution is 5.91. The maximum absolute atomic E-state index is 13.5. The fourth-order valence-corrected chi connectivity index (χ4v) is 7.54. The number of cyclic esters (lactones) is 1. The number of esters is 1.